The summed E-state index contributed by atoms with van der Waals surface area (Å²) in [7, 11) is 0. The molecule has 0 bridgehead atoms. The first-order valence-electron chi connectivity index (χ1n) is 6.41. The monoisotopic (exact) mass is 266 g/mol. The van der Waals surface area contributed by atoms with Crippen LogP contribution in [0.15, 0.2) is 48.5 Å². The third-order valence-electron chi connectivity index (χ3n) is 3.13. The molecule has 0 unspecified atom stereocenters. The fraction of sp³-hybridized carbons (Fsp3) is 0.118. The lowest BCUT2D eigenvalue weighted by Crippen LogP contribution is -1.94. The Labute approximate surface area is 117 Å². The van der Waals surface area contributed by atoms with Crippen LogP contribution in [-0.4, -0.2) is 12.6 Å². The summed E-state index contributed by atoms with van der Waals surface area (Å²) >= 11 is 0. The minimum absolute atomic E-state index is 0.0511. The number of ketones is 1. The Bertz CT molecular complexity index is 686. The van der Waals surface area contributed by atoms with E-state index in [4.69, 9.17) is 9.47 Å². The van der Waals surface area contributed by atoms with Crippen LogP contribution in [-0.2, 0) is 0 Å². The maximum Gasteiger partial charge on any atom is 0.231 e. The molecule has 0 aromatic heterocycles. The zero-order valence-electron chi connectivity index (χ0n) is 11.1. The highest BCUT2D eigenvalue weighted by Crippen LogP contribution is 2.32. The molecule has 0 aliphatic carbocycles. The number of hydrogen-bond acceptors (Lipinski definition) is 3. The highest BCUT2D eigenvalue weighted by atomic mass is 16.7. The van der Waals surface area contributed by atoms with Gasteiger partial charge in [0.2, 0.25) is 6.79 Å². The molecule has 0 saturated heterocycles. The predicted molar refractivity (Wildman–Crippen MR) is 77.1 cm³/mol. The maximum atomic E-state index is 12.1. The summed E-state index contributed by atoms with van der Waals surface area (Å²) in [5.41, 5.74) is 2.78. The number of carbonyl (C=O) groups is 1. The van der Waals surface area contributed by atoms with Crippen molar-refractivity contribution in [3.8, 4) is 11.5 Å². The first kappa shape index (κ1) is 12.5. The molecule has 0 fully saturated rings. The molecular weight excluding hydrogens is 252 g/mol. The van der Waals surface area contributed by atoms with Crippen LogP contribution in [0.4, 0.5) is 0 Å². The van der Waals surface area contributed by atoms with Gasteiger partial charge < -0.3 is 9.47 Å². The number of allylic oxidation sites excluding steroid dienone is 1. The summed E-state index contributed by atoms with van der Waals surface area (Å²) in [5, 5.41) is 0. The van der Waals surface area contributed by atoms with E-state index in [0.29, 0.717) is 17.1 Å². The Morgan fingerprint density at radius 3 is 2.80 bits per heavy atom. The number of rotatable bonds is 3. The molecule has 100 valence electrons. The van der Waals surface area contributed by atoms with Gasteiger partial charge >= 0.3 is 0 Å². The van der Waals surface area contributed by atoms with Gasteiger partial charge in [-0.2, -0.15) is 0 Å². The smallest absolute Gasteiger partial charge is 0.231 e. The van der Waals surface area contributed by atoms with Gasteiger partial charge in [-0.25, -0.2) is 0 Å². The van der Waals surface area contributed by atoms with E-state index in [1.54, 1.807) is 24.3 Å². The van der Waals surface area contributed by atoms with Crippen molar-refractivity contribution in [3.05, 3.63) is 65.2 Å². The molecule has 3 heteroatoms. The topological polar surface area (TPSA) is 35.5 Å². The van der Waals surface area contributed by atoms with E-state index in [0.717, 1.165) is 5.56 Å². The molecule has 0 atom stereocenters. The van der Waals surface area contributed by atoms with Crippen molar-refractivity contribution in [2.24, 2.45) is 0 Å². The lowest BCUT2D eigenvalue weighted by molar-refractivity contribution is 0.104. The summed E-state index contributed by atoms with van der Waals surface area (Å²) in [5.74, 6) is 1.26. The molecule has 3 rings (SSSR count). The van der Waals surface area contributed by atoms with E-state index in [1.165, 1.54) is 5.56 Å². The number of carbonyl (C=O) groups excluding carboxylic acids is 1. The minimum atomic E-state index is -0.0511. The van der Waals surface area contributed by atoms with Crippen molar-refractivity contribution >= 4 is 11.9 Å². The second-order valence-corrected chi connectivity index (χ2v) is 4.68. The molecule has 0 spiro atoms. The van der Waals surface area contributed by atoms with E-state index in [-0.39, 0.29) is 12.6 Å². The fourth-order valence-corrected chi connectivity index (χ4v) is 2.09. The number of aryl methyl sites for hydroxylation is 1. The Hall–Kier alpha value is -2.55. The molecule has 0 amide bonds. The number of ether oxygens (including phenoxy) is 2. The predicted octanol–water partition coefficient (Wildman–Crippen LogP) is 3.62. The van der Waals surface area contributed by atoms with Gasteiger partial charge in [-0.1, -0.05) is 35.9 Å². The average Bonchev–Trinajstić information content (AvgIpc) is 2.92. The number of hydrogen-bond donors (Lipinski definition) is 0. The van der Waals surface area contributed by atoms with Gasteiger partial charge in [0.15, 0.2) is 17.3 Å². The maximum absolute atomic E-state index is 12.1. The van der Waals surface area contributed by atoms with Crippen LogP contribution >= 0.6 is 0 Å². The summed E-state index contributed by atoms with van der Waals surface area (Å²) in [6, 6.07) is 13.2. The molecule has 1 aliphatic rings. The second-order valence-electron chi connectivity index (χ2n) is 4.68. The van der Waals surface area contributed by atoms with Gasteiger partial charge in [-0.15, -0.1) is 0 Å². The van der Waals surface area contributed by atoms with Crippen LogP contribution < -0.4 is 9.47 Å². The number of fused-ring (bicyclic) bond motifs is 1. The van der Waals surface area contributed by atoms with Crippen molar-refractivity contribution in [2.45, 2.75) is 6.92 Å². The van der Waals surface area contributed by atoms with E-state index < -0.39 is 0 Å². The average molecular weight is 266 g/mol. The van der Waals surface area contributed by atoms with Crippen molar-refractivity contribution < 1.29 is 14.3 Å². The summed E-state index contributed by atoms with van der Waals surface area (Å²) in [6.45, 7) is 2.24. The quantitative estimate of drug-likeness (QED) is 0.628. The third kappa shape index (κ3) is 2.57. The molecule has 0 radical (unpaired) electrons. The van der Waals surface area contributed by atoms with Crippen LogP contribution in [0.25, 0.3) is 6.08 Å². The Morgan fingerprint density at radius 1 is 1.10 bits per heavy atom. The van der Waals surface area contributed by atoms with Crippen molar-refractivity contribution in [3.63, 3.8) is 0 Å². The van der Waals surface area contributed by atoms with Gasteiger partial charge in [0.1, 0.15) is 0 Å². The zero-order valence-corrected chi connectivity index (χ0v) is 11.1. The van der Waals surface area contributed by atoms with E-state index >= 15 is 0 Å². The zero-order chi connectivity index (χ0) is 13.9. The standard InChI is InChI=1S/C17H14O3/c1-12-3-2-4-13(9-12)5-7-15(18)14-6-8-16-17(10-14)20-11-19-16/h2-10H,11H2,1H3/b7-5+. The first-order valence-corrected chi connectivity index (χ1v) is 6.41. The van der Waals surface area contributed by atoms with E-state index in [2.05, 4.69) is 0 Å². The largest absolute Gasteiger partial charge is 0.454 e. The van der Waals surface area contributed by atoms with Gasteiger partial charge in [-0.3, -0.25) is 4.79 Å². The second kappa shape index (κ2) is 5.21. The third-order valence-corrected chi connectivity index (χ3v) is 3.13. The van der Waals surface area contributed by atoms with Crippen molar-refractivity contribution in [1.29, 1.82) is 0 Å². The summed E-state index contributed by atoms with van der Waals surface area (Å²) in [6.07, 6.45) is 3.40. The lowest BCUT2D eigenvalue weighted by Gasteiger charge is -1.99. The highest BCUT2D eigenvalue weighted by Gasteiger charge is 2.14. The molecular formula is C17H14O3. The highest BCUT2D eigenvalue weighted by molar-refractivity contribution is 6.07. The van der Waals surface area contributed by atoms with Crippen molar-refractivity contribution in [2.75, 3.05) is 6.79 Å². The molecule has 0 N–H and O–H groups in total. The van der Waals surface area contributed by atoms with Crippen LogP contribution in [0.2, 0.25) is 0 Å². The van der Waals surface area contributed by atoms with Crippen LogP contribution in [0, 0.1) is 6.92 Å². The molecule has 2 aromatic carbocycles. The Kier molecular flexibility index (Phi) is 3.25. The molecule has 2 aromatic rings. The molecule has 0 saturated carbocycles. The molecule has 3 nitrogen and oxygen atoms in total. The van der Waals surface area contributed by atoms with E-state index in [9.17, 15) is 4.79 Å². The minimum Gasteiger partial charge on any atom is -0.454 e. The SMILES string of the molecule is Cc1cccc(/C=C/C(=O)c2ccc3c(c2)OCO3)c1. The van der Waals surface area contributed by atoms with Crippen LogP contribution in [0.5, 0.6) is 11.5 Å². The van der Waals surface area contributed by atoms with E-state index in [1.807, 2.05) is 37.3 Å². The fourth-order valence-electron chi connectivity index (χ4n) is 2.09. The summed E-state index contributed by atoms with van der Waals surface area (Å²) < 4.78 is 10.5. The van der Waals surface area contributed by atoms with Crippen LogP contribution in [0.3, 0.4) is 0 Å². The first-order chi connectivity index (χ1) is 9.72. The molecule has 20 heavy (non-hydrogen) atoms. The van der Waals surface area contributed by atoms with Gasteiger partial charge in [0.05, 0.1) is 0 Å². The number of benzene rings is 2. The lowest BCUT2D eigenvalue weighted by atomic mass is 10.1. The van der Waals surface area contributed by atoms with Gasteiger partial charge in [-0.05, 0) is 36.8 Å². The summed E-state index contributed by atoms with van der Waals surface area (Å²) in [4.78, 5) is 12.1. The van der Waals surface area contributed by atoms with Gasteiger partial charge in [0.25, 0.3) is 0 Å². The normalized spacial score (nSPS) is 12.8. The van der Waals surface area contributed by atoms with Crippen LogP contribution in [0.1, 0.15) is 21.5 Å². The molecule has 1 heterocycles. The van der Waals surface area contributed by atoms with Crippen molar-refractivity contribution in [1.82, 2.24) is 0 Å². The van der Waals surface area contributed by atoms with Gasteiger partial charge in [0, 0.05) is 5.56 Å². The molecule has 1 aliphatic heterocycles. The Morgan fingerprint density at radius 2 is 1.95 bits per heavy atom. The Balaban J connectivity index is 1.79.